The van der Waals surface area contributed by atoms with Crippen LogP contribution in [0.3, 0.4) is 0 Å². The van der Waals surface area contributed by atoms with Gasteiger partial charge in [0.25, 0.3) is 0 Å². The van der Waals surface area contributed by atoms with Crippen molar-refractivity contribution >= 4 is 34.4 Å². The summed E-state index contributed by atoms with van der Waals surface area (Å²) in [4.78, 5) is 8.69. The van der Waals surface area contributed by atoms with E-state index in [1.807, 2.05) is 20.2 Å². The molecule has 1 aliphatic carbocycles. The number of imidazole rings is 1. The van der Waals surface area contributed by atoms with Crippen molar-refractivity contribution in [3.05, 3.63) is 22.6 Å². The normalized spacial score (nSPS) is 20.2. The molecule has 2 heterocycles. The van der Waals surface area contributed by atoms with E-state index in [2.05, 4.69) is 21.5 Å². The first-order valence-electron chi connectivity index (χ1n) is 8.28. The molecule has 0 radical (unpaired) electrons. The average molecular weight is 376 g/mol. The molecule has 1 fully saturated rings. The summed E-state index contributed by atoms with van der Waals surface area (Å²) in [6, 6.07) is 2.12. The molecule has 1 aliphatic rings. The van der Waals surface area contributed by atoms with Crippen molar-refractivity contribution < 1.29 is 10.2 Å². The van der Waals surface area contributed by atoms with Crippen molar-refractivity contribution in [3.8, 4) is 0 Å². The summed E-state index contributed by atoms with van der Waals surface area (Å²) in [5, 5.41) is 17.2. The van der Waals surface area contributed by atoms with Crippen LogP contribution in [0, 0.1) is 5.92 Å². The highest BCUT2D eigenvalue weighted by Gasteiger charge is 2.24. The summed E-state index contributed by atoms with van der Waals surface area (Å²) in [5.41, 5.74) is 1.55. The highest BCUT2D eigenvalue weighted by molar-refractivity contribution is 6.37. The molecule has 3 rings (SSSR count). The maximum absolute atomic E-state index is 8.08. The van der Waals surface area contributed by atoms with Gasteiger partial charge in [-0.05, 0) is 45.1 Å². The summed E-state index contributed by atoms with van der Waals surface area (Å²) in [5.74, 6) is -0.730. The molecule has 24 heavy (non-hydrogen) atoms. The number of aliphatic hydroxyl groups is 2. The predicted octanol–water partition coefficient (Wildman–Crippen LogP) is 4.83. The van der Waals surface area contributed by atoms with Crippen LogP contribution >= 0.6 is 23.2 Å². The summed E-state index contributed by atoms with van der Waals surface area (Å²) >= 11 is 12.1. The molecule has 2 unspecified atom stereocenters. The highest BCUT2D eigenvalue weighted by atomic mass is 35.5. The van der Waals surface area contributed by atoms with Gasteiger partial charge in [0.15, 0.2) is 11.4 Å². The van der Waals surface area contributed by atoms with E-state index in [0.29, 0.717) is 16.2 Å². The molecule has 2 aromatic rings. The second-order valence-electron chi connectivity index (χ2n) is 6.32. The van der Waals surface area contributed by atoms with Crippen LogP contribution in [-0.2, 0) is 0 Å². The molecule has 0 spiro atoms. The smallest absolute Gasteiger partial charge is 0.163 e. The van der Waals surface area contributed by atoms with Gasteiger partial charge in [-0.1, -0.05) is 44.0 Å². The summed E-state index contributed by atoms with van der Waals surface area (Å²) in [6.07, 6.45) is 5.46. The van der Waals surface area contributed by atoms with Gasteiger partial charge >= 0.3 is 0 Å². The minimum Gasteiger partial charge on any atom is -0.366 e. The van der Waals surface area contributed by atoms with E-state index >= 15 is 0 Å². The zero-order chi connectivity index (χ0) is 18.5. The predicted molar refractivity (Wildman–Crippen MR) is 99.5 cm³/mol. The van der Waals surface area contributed by atoms with Crippen molar-refractivity contribution in [3.63, 3.8) is 0 Å². The largest absolute Gasteiger partial charge is 0.366 e. The second-order valence-corrected chi connectivity index (χ2v) is 7.11. The molecule has 2 atom stereocenters. The van der Waals surface area contributed by atoms with Crippen molar-refractivity contribution in [1.82, 2.24) is 14.5 Å². The van der Waals surface area contributed by atoms with Gasteiger partial charge in [-0.25, -0.2) is 9.97 Å². The fraction of sp³-hybridized carbons (Fsp3) is 0.647. The molecule has 0 aromatic carbocycles. The third-order valence-electron chi connectivity index (χ3n) is 3.51. The zero-order valence-electron chi connectivity index (χ0n) is 14.9. The third-order valence-corrected chi connectivity index (χ3v) is 3.99. The lowest BCUT2D eigenvalue weighted by Crippen LogP contribution is -2.15. The molecule has 2 aromatic heterocycles. The summed E-state index contributed by atoms with van der Waals surface area (Å²) in [7, 11) is 0. The van der Waals surface area contributed by atoms with Crippen LogP contribution in [0.15, 0.2) is 12.4 Å². The molecular formula is C17H27Cl2N3O2. The van der Waals surface area contributed by atoms with Crippen LogP contribution in [0.1, 0.15) is 59.9 Å². The van der Waals surface area contributed by atoms with Crippen LogP contribution in [0.25, 0.3) is 11.2 Å². The van der Waals surface area contributed by atoms with Crippen LogP contribution in [0.5, 0.6) is 0 Å². The van der Waals surface area contributed by atoms with Crippen molar-refractivity contribution in [2.24, 2.45) is 5.92 Å². The number of pyridine rings is 1. The Morgan fingerprint density at radius 3 is 2.29 bits per heavy atom. The van der Waals surface area contributed by atoms with E-state index in [9.17, 15) is 0 Å². The Bertz CT molecular complexity index is 647. The SMILES string of the molecule is CC.CC(C)(O)O.CC1CCC(n2cnc3c(Cl)cc(Cl)nc32)C1. The number of halogens is 2. The lowest BCUT2D eigenvalue weighted by atomic mass is 10.1. The maximum atomic E-state index is 8.08. The molecular weight excluding hydrogens is 349 g/mol. The van der Waals surface area contributed by atoms with Gasteiger partial charge in [-0.15, -0.1) is 0 Å². The van der Waals surface area contributed by atoms with Gasteiger partial charge in [0, 0.05) is 6.04 Å². The Kier molecular flexibility index (Phi) is 7.93. The monoisotopic (exact) mass is 375 g/mol. The van der Waals surface area contributed by atoms with Crippen LogP contribution in [0.4, 0.5) is 0 Å². The zero-order valence-corrected chi connectivity index (χ0v) is 16.4. The van der Waals surface area contributed by atoms with E-state index in [1.54, 1.807) is 6.07 Å². The molecule has 7 heteroatoms. The van der Waals surface area contributed by atoms with Crippen molar-refractivity contribution in [1.29, 1.82) is 0 Å². The Morgan fingerprint density at radius 1 is 1.21 bits per heavy atom. The highest BCUT2D eigenvalue weighted by Crippen LogP contribution is 2.36. The van der Waals surface area contributed by atoms with E-state index < -0.39 is 5.79 Å². The molecule has 0 bridgehead atoms. The maximum Gasteiger partial charge on any atom is 0.163 e. The minimum absolute atomic E-state index is 0.426. The van der Waals surface area contributed by atoms with Crippen LogP contribution in [0.2, 0.25) is 10.2 Å². The number of nitrogens with zero attached hydrogens (tertiary/aromatic N) is 3. The Hall–Kier alpha value is -0.880. The Labute approximate surface area is 153 Å². The number of rotatable bonds is 1. The Balaban J connectivity index is 0.000000356. The summed E-state index contributed by atoms with van der Waals surface area (Å²) < 4.78 is 2.12. The van der Waals surface area contributed by atoms with Gasteiger partial charge in [-0.2, -0.15) is 0 Å². The van der Waals surface area contributed by atoms with Gasteiger partial charge < -0.3 is 14.8 Å². The van der Waals surface area contributed by atoms with Crippen molar-refractivity contribution in [2.45, 2.75) is 65.7 Å². The molecule has 2 N–H and O–H groups in total. The van der Waals surface area contributed by atoms with Gasteiger partial charge in [0.05, 0.1) is 11.3 Å². The number of hydrogen-bond donors (Lipinski definition) is 2. The third kappa shape index (κ3) is 6.20. The molecule has 0 aliphatic heterocycles. The molecule has 0 amide bonds. The van der Waals surface area contributed by atoms with Gasteiger partial charge in [0.1, 0.15) is 10.7 Å². The van der Waals surface area contributed by atoms with E-state index in [-0.39, 0.29) is 0 Å². The average Bonchev–Trinajstić information content (AvgIpc) is 3.05. The lowest BCUT2D eigenvalue weighted by Gasteiger charge is -2.12. The van der Waals surface area contributed by atoms with Crippen LogP contribution in [-0.4, -0.2) is 30.5 Å². The number of hydrogen-bond acceptors (Lipinski definition) is 4. The second kappa shape index (κ2) is 8.99. The van der Waals surface area contributed by atoms with Crippen molar-refractivity contribution in [2.75, 3.05) is 0 Å². The molecule has 136 valence electrons. The van der Waals surface area contributed by atoms with Gasteiger partial charge in [0.2, 0.25) is 0 Å². The van der Waals surface area contributed by atoms with E-state index in [4.69, 9.17) is 33.4 Å². The topological polar surface area (TPSA) is 71.2 Å². The number of fused-ring (bicyclic) bond motifs is 1. The standard InChI is InChI=1S/C12H13Cl2N3.C3H8O2.C2H6/c1-7-2-3-8(4-7)17-6-15-11-9(13)5-10(14)16-12(11)17;1-3(2,4)5;1-2/h5-8H,2-4H2,1H3;4-5H,1-2H3;1-2H3. The quantitative estimate of drug-likeness (QED) is 0.552. The molecule has 1 saturated carbocycles. The molecule has 0 saturated heterocycles. The van der Waals surface area contributed by atoms with E-state index in [0.717, 1.165) is 17.1 Å². The minimum atomic E-state index is -1.50. The van der Waals surface area contributed by atoms with E-state index in [1.165, 1.54) is 33.1 Å². The fourth-order valence-corrected chi connectivity index (χ4v) is 3.12. The van der Waals surface area contributed by atoms with Crippen LogP contribution < -0.4 is 0 Å². The molecule has 5 nitrogen and oxygen atoms in total. The first kappa shape index (κ1) is 21.2. The fourth-order valence-electron chi connectivity index (χ4n) is 2.64. The summed E-state index contributed by atoms with van der Waals surface area (Å²) in [6.45, 7) is 8.88. The van der Waals surface area contributed by atoms with Gasteiger partial charge in [-0.3, -0.25) is 0 Å². The lowest BCUT2D eigenvalue weighted by molar-refractivity contribution is -0.127. The Morgan fingerprint density at radius 2 is 1.79 bits per heavy atom. The first-order valence-corrected chi connectivity index (χ1v) is 9.04. The first-order chi connectivity index (χ1) is 11.1. The number of aromatic nitrogens is 3.